The lowest BCUT2D eigenvalue weighted by Crippen LogP contribution is -1.78. The van der Waals surface area contributed by atoms with Gasteiger partial charge in [-0.05, 0) is 30.0 Å². The third-order valence-electron chi connectivity index (χ3n) is 1.32. The second-order valence-corrected chi connectivity index (χ2v) is 4.01. The van der Waals surface area contributed by atoms with E-state index in [1.165, 1.54) is 10.5 Å². The lowest BCUT2D eigenvalue weighted by molar-refractivity contribution is 1.35. The zero-order chi connectivity index (χ0) is 8.27. The lowest BCUT2D eigenvalue weighted by Gasteiger charge is -2.00. The molecule has 0 heterocycles. The third kappa shape index (κ3) is 2.69. The summed E-state index contributed by atoms with van der Waals surface area (Å²) in [5.74, 6) is 0. The maximum absolute atomic E-state index is 5.87. The molecule has 0 aliphatic heterocycles. The van der Waals surface area contributed by atoms with Gasteiger partial charge in [0.15, 0.2) is 0 Å². The largest absolute Gasteiger partial charge is 0.130 e. The van der Waals surface area contributed by atoms with Crippen molar-refractivity contribution in [3.8, 4) is 0 Å². The van der Waals surface area contributed by atoms with E-state index in [1.54, 1.807) is 11.8 Å². The van der Waals surface area contributed by atoms with Crippen LogP contribution in [0.15, 0.2) is 23.1 Å². The predicted octanol–water partition coefficient (Wildman–Crippen LogP) is 3.96. The van der Waals surface area contributed by atoms with Crippen LogP contribution in [0.25, 0.3) is 0 Å². The van der Waals surface area contributed by atoms with Gasteiger partial charge in [0.25, 0.3) is 0 Å². The van der Waals surface area contributed by atoms with Crippen LogP contribution in [0.2, 0.25) is 5.02 Å². The second kappa shape index (κ2) is 4.39. The van der Waals surface area contributed by atoms with Gasteiger partial charge in [0, 0.05) is 15.2 Å². The number of thioether (sulfide) groups is 1. The summed E-state index contributed by atoms with van der Waals surface area (Å²) in [4.78, 5) is 1.21. The van der Waals surface area contributed by atoms with Crippen LogP contribution in [0.3, 0.4) is 0 Å². The van der Waals surface area contributed by atoms with Gasteiger partial charge in [-0.15, -0.1) is 11.8 Å². The first-order valence-electron chi connectivity index (χ1n) is 3.15. The van der Waals surface area contributed by atoms with Gasteiger partial charge in [0.1, 0.15) is 0 Å². The SMILES string of the molecule is CSc1cc(Cl)cc(CBr)c1. The molecule has 0 radical (unpaired) electrons. The standard InChI is InChI=1S/C8H8BrClS/c1-11-8-3-6(5-9)2-7(10)4-8/h2-4H,5H2,1H3. The van der Waals surface area contributed by atoms with Crippen LogP contribution in [0, 0.1) is 0 Å². The molecule has 1 aromatic rings. The minimum absolute atomic E-state index is 0.811. The smallest absolute Gasteiger partial charge is 0.0420 e. The van der Waals surface area contributed by atoms with Crippen molar-refractivity contribution in [1.82, 2.24) is 0 Å². The van der Waals surface area contributed by atoms with Gasteiger partial charge in [0.05, 0.1) is 0 Å². The molecule has 0 amide bonds. The van der Waals surface area contributed by atoms with Crippen LogP contribution < -0.4 is 0 Å². The van der Waals surface area contributed by atoms with Crippen molar-refractivity contribution in [2.75, 3.05) is 6.26 Å². The van der Waals surface area contributed by atoms with Crippen molar-refractivity contribution in [2.24, 2.45) is 0 Å². The first-order valence-corrected chi connectivity index (χ1v) is 5.88. The van der Waals surface area contributed by atoms with Crippen molar-refractivity contribution < 1.29 is 0 Å². The highest BCUT2D eigenvalue weighted by atomic mass is 79.9. The lowest BCUT2D eigenvalue weighted by atomic mass is 10.2. The Morgan fingerprint density at radius 1 is 1.45 bits per heavy atom. The van der Waals surface area contributed by atoms with Gasteiger partial charge in [-0.2, -0.15) is 0 Å². The molecule has 1 rings (SSSR count). The van der Waals surface area contributed by atoms with Gasteiger partial charge >= 0.3 is 0 Å². The van der Waals surface area contributed by atoms with Crippen molar-refractivity contribution in [3.05, 3.63) is 28.8 Å². The zero-order valence-electron chi connectivity index (χ0n) is 6.10. The molecule has 0 aromatic heterocycles. The van der Waals surface area contributed by atoms with Gasteiger partial charge in [-0.3, -0.25) is 0 Å². The Bertz CT molecular complexity index is 228. The molecule has 0 saturated carbocycles. The van der Waals surface area contributed by atoms with E-state index in [-0.39, 0.29) is 0 Å². The van der Waals surface area contributed by atoms with Crippen LogP contribution in [0.4, 0.5) is 0 Å². The van der Waals surface area contributed by atoms with Gasteiger partial charge in [-0.25, -0.2) is 0 Å². The third-order valence-corrected chi connectivity index (χ3v) is 2.89. The molecule has 0 fully saturated rings. The Hall–Kier alpha value is 0.340. The van der Waals surface area contributed by atoms with Crippen molar-refractivity contribution in [3.63, 3.8) is 0 Å². The van der Waals surface area contributed by atoms with E-state index in [2.05, 4.69) is 22.0 Å². The van der Waals surface area contributed by atoms with E-state index in [1.807, 2.05) is 18.4 Å². The normalized spacial score (nSPS) is 10.1. The molecule has 0 spiro atoms. The fourth-order valence-electron chi connectivity index (χ4n) is 0.816. The summed E-state index contributed by atoms with van der Waals surface area (Å²) in [5, 5.41) is 1.67. The van der Waals surface area contributed by atoms with Crippen LogP contribution in [0.5, 0.6) is 0 Å². The number of halogens is 2. The van der Waals surface area contributed by atoms with E-state index in [0.717, 1.165) is 10.4 Å². The Morgan fingerprint density at radius 2 is 2.18 bits per heavy atom. The highest BCUT2D eigenvalue weighted by Gasteiger charge is 1.96. The predicted molar refractivity (Wildman–Crippen MR) is 55.9 cm³/mol. The summed E-state index contributed by atoms with van der Waals surface area (Å²) >= 11 is 11.0. The summed E-state index contributed by atoms with van der Waals surface area (Å²) in [6.07, 6.45) is 2.05. The minimum atomic E-state index is 0.811. The van der Waals surface area contributed by atoms with Crippen LogP contribution >= 0.6 is 39.3 Å². The quantitative estimate of drug-likeness (QED) is 0.566. The number of alkyl halides is 1. The van der Waals surface area contributed by atoms with Crippen molar-refractivity contribution in [2.45, 2.75) is 10.2 Å². The number of hydrogen-bond donors (Lipinski definition) is 0. The summed E-state index contributed by atoms with van der Waals surface area (Å²) in [7, 11) is 0. The second-order valence-electron chi connectivity index (χ2n) is 2.13. The molecule has 0 N–H and O–H groups in total. The molecule has 11 heavy (non-hydrogen) atoms. The Morgan fingerprint density at radius 3 is 2.73 bits per heavy atom. The van der Waals surface area contributed by atoms with Crippen molar-refractivity contribution in [1.29, 1.82) is 0 Å². The van der Waals surface area contributed by atoms with Gasteiger partial charge < -0.3 is 0 Å². The molecule has 3 heteroatoms. The molecular weight excluding hydrogens is 244 g/mol. The summed E-state index contributed by atoms with van der Waals surface area (Å²) in [6, 6.07) is 6.07. The summed E-state index contributed by atoms with van der Waals surface area (Å²) in [5.41, 5.74) is 1.22. The molecule has 0 bridgehead atoms. The highest BCUT2D eigenvalue weighted by Crippen LogP contribution is 2.23. The Balaban J connectivity index is 3.02. The molecule has 0 unspecified atom stereocenters. The summed E-state index contributed by atoms with van der Waals surface area (Å²) in [6.45, 7) is 0. The monoisotopic (exact) mass is 250 g/mol. The van der Waals surface area contributed by atoms with Crippen LogP contribution in [-0.2, 0) is 5.33 Å². The minimum Gasteiger partial charge on any atom is -0.130 e. The maximum Gasteiger partial charge on any atom is 0.0420 e. The van der Waals surface area contributed by atoms with Crippen LogP contribution in [0.1, 0.15) is 5.56 Å². The van der Waals surface area contributed by atoms with Crippen LogP contribution in [-0.4, -0.2) is 6.26 Å². The van der Waals surface area contributed by atoms with E-state index < -0.39 is 0 Å². The molecule has 0 aliphatic rings. The van der Waals surface area contributed by atoms with E-state index >= 15 is 0 Å². The summed E-state index contributed by atoms with van der Waals surface area (Å²) < 4.78 is 0. The number of hydrogen-bond acceptors (Lipinski definition) is 1. The first-order chi connectivity index (χ1) is 5.26. The Kier molecular flexibility index (Phi) is 3.76. The molecule has 60 valence electrons. The van der Waals surface area contributed by atoms with E-state index in [0.29, 0.717) is 0 Å². The molecule has 0 aliphatic carbocycles. The topological polar surface area (TPSA) is 0 Å². The van der Waals surface area contributed by atoms with Crippen molar-refractivity contribution >= 4 is 39.3 Å². The zero-order valence-corrected chi connectivity index (χ0v) is 9.26. The maximum atomic E-state index is 5.87. The first kappa shape index (κ1) is 9.43. The molecule has 0 nitrogen and oxygen atoms in total. The molecule has 0 saturated heterocycles. The molecule has 1 aromatic carbocycles. The number of rotatable bonds is 2. The average Bonchev–Trinajstić information content (AvgIpc) is 2.03. The van der Waals surface area contributed by atoms with E-state index in [9.17, 15) is 0 Å². The van der Waals surface area contributed by atoms with E-state index in [4.69, 9.17) is 11.6 Å². The van der Waals surface area contributed by atoms with Gasteiger partial charge in [0.2, 0.25) is 0 Å². The average molecular weight is 252 g/mol. The molecule has 0 atom stereocenters. The highest BCUT2D eigenvalue weighted by molar-refractivity contribution is 9.08. The fourth-order valence-corrected chi connectivity index (χ4v) is 1.98. The molecular formula is C8H8BrClS. The fraction of sp³-hybridized carbons (Fsp3) is 0.250. The van der Waals surface area contributed by atoms with Gasteiger partial charge in [-0.1, -0.05) is 27.5 Å². The Labute approximate surface area is 84.5 Å². The number of benzene rings is 1.